The molecular weight excluding hydrogens is 456 g/mol. The topological polar surface area (TPSA) is 102 Å². The van der Waals surface area contributed by atoms with Gasteiger partial charge in [0.1, 0.15) is 11.5 Å². The van der Waals surface area contributed by atoms with E-state index in [0.29, 0.717) is 33.3 Å². The van der Waals surface area contributed by atoms with E-state index in [1.807, 2.05) is 0 Å². The average Bonchev–Trinajstić information content (AvgIpc) is 3.27. The second-order valence-electron chi connectivity index (χ2n) is 8.37. The van der Waals surface area contributed by atoms with Gasteiger partial charge >= 0.3 is 11.9 Å². The molecule has 1 N–H and O–H groups in total. The maximum atomic E-state index is 12.6. The quantitative estimate of drug-likeness (QED) is 0.605. The lowest BCUT2D eigenvalue weighted by atomic mass is 9.88. The van der Waals surface area contributed by atoms with Gasteiger partial charge in [0.05, 0.1) is 12.2 Å². The number of thiophene rings is 1. The summed E-state index contributed by atoms with van der Waals surface area (Å²) >= 11 is 1.36. The summed E-state index contributed by atoms with van der Waals surface area (Å²) in [6.07, 6.45) is 2.56. The summed E-state index contributed by atoms with van der Waals surface area (Å²) in [6.45, 7) is 7.11. The van der Waals surface area contributed by atoms with Gasteiger partial charge in [-0.1, -0.05) is 31.7 Å². The van der Waals surface area contributed by atoms with Gasteiger partial charge in [0.15, 0.2) is 6.61 Å². The number of benzene rings is 1. The van der Waals surface area contributed by atoms with Crippen LogP contribution >= 0.6 is 11.3 Å². The van der Waals surface area contributed by atoms with Crippen molar-refractivity contribution >= 4 is 45.8 Å². The summed E-state index contributed by atoms with van der Waals surface area (Å²) in [7, 11) is 0. The van der Waals surface area contributed by atoms with Crippen LogP contribution in [0.25, 0.3) is 5.70 Å². The molecule has 0 bridgehead atoms. The van der Waals surface area contributed by atoms with Crippen molar-refractivity contribution in [3.05, 3.63) is 58.0 Å². The molecule has 1 atom stereocenters. The average molecular weight is 483 g/mol. The third kappa shape index (κ3) is 4.61. The second-order valence-corrected chi connectivity index (χ2v) is 9.47. The zero-order chi connectivity index (χ0) is 24.4. The number of nitrogens with one attached hydrogen (secondary N) is 1. The molecule has 0 spiro atoms. The van der Waals surface area contributed by atoms with Crippen molar-refractivity contribution in [3.8, 4) is 0 Å². The lowest BCUT2D eigenvalue weighted by molar-refractivity contribution is -0.147. The molecule has 9 heteroatoms. The van der Waals surface area contributed by atoms with Crippen LogP contribution in [0.15, 0.2) is 30.8 Å². The predicted octanol–water partition coefficient (Wildman–Crippen LogP) is 3.66. The van der Waals surface area contributed by atoms with Gasteiger partial charge in [-0.15, -0.1) is 11.3 Å². The summed E-state index contributed by atoms with van der Waals surface area (Å²) in [5, 5.41) is 3.12. The van der Waals surface area contributed by atoms with Crippen molar-refractivity contribution in [3.63, 3.8) is 0 Å². The number of fused-ring (bicyclic) bond motifs is 2. The van der Waals surface area contributed by atoms with Crippen molar-refractivity contribution in [2.24, 2.45) is 5.92 Å². The van der Waals surface area contributed by atoms with E-state index >= 15 is 0 Å². The number of nitrogens with zero attached hydrogens (tertiary/aromatic N) is 1. The Bertz CT molecular complexity index is 1150. The van der Waals surface area contributed by atoms with Crippen molar-refractivity contribution in [1.82, 2.24) is 4.90 Å². The predicted molar refractivity (Wildman–Crippen MR) is 128 cm³/mol. The number of carbonyl (C=O) groups is 4. The number of esters is 2. The molecule has 178 valence electrons. The number of ether oxygens (including phenoxy) is 2. The fourth-order valence-electron chi connectivity index (χ4n) is 4.24. The summed E-state index contributed by atoms with van der Waals surface area (Å²) in [6, 6.07) is 6.96. The molecule has 8 nitrogen and oxygen atoms in total. The summed E-state index contributed by atoms with van der Waals surface area (Å²) in [4.78, 5) is 52.3. The molecule has 2 aromatic rings. The first-order valence-corrected chi connectivity index (χ1v) is 12.0. The minimum atomic E-state index is -0.734. The first-order valence-electron chi connectivity index (χ1n) is 11.2. The number of anilines is 1. The van der Waals surface area contributed by atoms with Gasteiger partial charge in [0.2, 0.25) is 0 Å². The van der Waals surface area contributed by atoms with Crippen LogP contribution in [0.4, 0.5) is 5.00 Å². The highest BCUT2D eigenvalue weighted by atomic mass is 32.1. The molecule has 2 aliphatic rings. The molecule has 0 radical (unpaired) electrons. The second kappa shape index (κ2) is 9.80. The van der Waals surface area contributed by atoms with Crippen LogP contribution in [-0.4, -0.2) is 48.4 Å². The Morgan fingerprint density at radius 1 is 1.21 bits per heavy atom. The van der Waals surface area contributed by atoms with Crippen molar-refractivity contribution in [1.29, 1.82) is 0 Å². The zero-order valence-corrected chi connectivity index (χ0v) is 20.0. The van der Waals surface area contributed by atoms with Crippen molar-refractivity contribution in [2.45, 2.75) is 33.1 Å². The summed E-state index contributed by atoms with van der Waals surface area (Å²) < 4.78 is 10.3. The van der Waals surface area contributed by atoms with E-state index in [9.17, 15) is 19.2 Å². The van der Waals surface area contributed by atoms with Crippen molar-refractivity contribution in [2.75, 3.05) is 25.1 Å². The lowest BCUT2D eigenvalue weighted by Gasteiger charge is -2.18. The highest BCUT2D eigenvalue weighted by Gasteiger charge is 2.33. The van der Waals surface area contributed by atoms with Crippen LogP contribution in [-0.2, 0) is 31.9 Å². The number of hydrogen-bond donors (Lipinski definition) is 1. The number of amides is 2. The summed E-state index contributed by atoms with van der Waals surface area (Å²) in [5.41, 5.74) is 2.88. The molecule has 2 amide bonds. The number of carbonyl (C=O) groups excluding carboxylic acids is 4. The Balaban J connectivity index is 1.38. The number of hydrogen-bond acceptors (Lipinski definition) is 7. The Hall–Kier alpha value is -3.46. The Morgan fingerprint density at radius 2 is 1.94 bits per heavy atom. The van der Waals surface area contributed by atoms with Crippen molar-refractivity contribution < 1.29 is 28.7 Å². The fraction of sp³-hybridized carbons (Fsp3) is 0.360. The van der Waals surface area contributed by atoms with E-state index in [1.165, 1.54) is 16.2 Å². The van der Waals surface area contributed by atoms with E-state index in [0.717, 1.165) is 29.7 Å². The minimum Gasteiger partial charge on any atom is -0.462 e. The van der Waals surface area contributed by atoms with Crippen LogP contribution in [0.3, 0.4) is 0 Å². The van der Waals surface area contributed by atoms with E-state index in [4.69, 9.17) is 9.47 Å². The van der Waals surface area contributed by atoms with Crippen LogP contribution < -0.4 is 5.32 Å². The van der Waals surface area contributed by atoms with Gasteiger partial charge in [-0.3, -0.25) is 19.3 Å². The van der Waals surface area contributed by atoms with Crippen LogP contribution in [0.2, 0.25) is 0 Å². The molecule has 0 saturated carbocycles. The Morgan fingerprint density at radius 3 is 2.65 bits per heavy atom. The maximum Gasteiger partial charge on any atom is 0.341 e. The molecule has 4 rings (SSSR count). The Kier molecular flexibility index (Phi) is 6.83. The van der Waals surface area contributed by atoms with Gasteiger partial charge in [-0.2, -0.15) is 0 Å². The molecular formula is C25H26N2O6S. The largest absolute Gasteiger partial charge is 0.462 e. The third-order valence-electron chi connectivity index (χ3n) is 5.93. The van der Waals surface area contributed by atoms with Gasteiger partial charge < -0.3 is 14.8 Å². The molecule has 1 aliphatic heterocycles. The standard InChI is InChI=1S/C25H26N2O6S/c1-4-32-25(31)22-18-10-9-14(2)11-19(18)34-23(22)26-20(28)13-33-21(29)12-27-15(3)16-7-5-6-8-17(16)24(27)30/h5-8,14H,3-4,9-13H2,1-2H3,(H,26,28)/t14-/m0/s1. The molecule has 0 unspecified atom stereocenters. The highest BCUT2D eigenvalue weighted by Crippen LogP contribution is 2.40. The minimum absolute atomic E-state index is 0.231. The maximum absolute atomic E-state index is 12.6. The smallest absolute Gasteiger partial charge is 0.341 e. The number of rotatable bonds is 7. The third-order valence-corrected chi connectivity index (χ3v) is 7.10. The molecule has 0 saturated heterocycles. The van der Waals surface area contributed by atoms with Crippen LogP contribution in [0.5, 0.6) is 0 Å². The van der Waals surface area contributed by atoms with E-state index in [2.05, 4.69) is 18.8 Å². The van der Waals surface area contributed by atoms with Crippen LogP contribution in [0, 0.1) is 5.92 Å². The normalized spacial score (nSPS) is 16.6. The van der Waals surface area contributed by atoms with Crippen LogP contribution in [0.1, 0.15) is 57.0 Å². The first kappa shape index (κ1) is 23.7. The van der Waals surface area contributed by atoms with Gasteiger partial charge in [-0.25, -0.2) is 4.79 Å². The Labute approximate surface area is 201 Å². The first-order chi connectivity index (χ1) is 16.3. The van der Waals surface area contributed by atoms with Gasteiger partial charge in [0, 0.05) is 21.7 Å². The molecule has 34 heavy (non-hydrogen) atoms. The molecule has 2 heterocycles. The monoisotopic (exact) mass is 482 g/mol. The molecule has 1 aromatic heterocycles. The molecule has 0 fully saturated rings. The lowest BCUT2D eigenvalue weighted by Crippen LogP contribution is -2.32. The zero-order valence-electron chi connectivity index (χ0n) is 19.1. The van der Waals surface area contributed by atoms with E-state index in [-0.39, 0.29) is 19.1 Å². The highest BCUT2D eigenvalue weighted by molar-refractivity contribution is 7.17. The molecule has 1 aliphatic carbocycles. The van der Waals surface area contributed by atoms with E-state index < -0.39 is 24.5 Å². The van der Waals surface area contributed by atoms with Gasteiger partial charge in [-0.05, 0) is 43.7 Å². The van der Waals surface area contributed by atoms with E-state index in [1.54, 1.807) is 31.2 Å². The van der Waals surface area contributed by atoms with Gasteiger partial charge in [0.25, 0.3) is 11.8 Å². The summed E-state index contributed by atoms with van der Waals surface area (Å²) in [5.74, 6) is -1.60. The fourth-order valence-corrected chi connectivity index (χ4v) is 5.66. The molecule has 1 aromatic carbocycles. The SMILES string of the molecule is C=C1c2ccccc2C(=O)N1CC(=O)OCC(=O)Nc1sc2c(c1C(=O)OCC)CC[C@H](C)C2.